The molecule has 5 rings (SSSR count). The highest BCUT2D eigenvalue weighted by atomic mass is 35.5. The minimum Gasteiger partial charge on any atom is -0.493 e. The Bertz CT molecular complexity index is 1530. The number of hydrazone groups is 1. The van der Waals surface area contributed by atoms with Crippen LogP contribution in [0.5, 0.6) is 11.5 Å². The number of fused-ring (bicyclic) bond motifs is 3. The fourth-order valence-corrected chi connectivity index (χ4v) is 4.08. The van der Waals surface area contributed by atoms with E-state index < -0.39 is 0 Å². The van der Waals surface area contributed by atoms with E-state index in [1.807, 2.05) is 60.7 Å². The van der Waals surface area contributed by atoms with Gasteiger partial charge in [0.2, 0.25) is 0 Å². The fraction of sp³-hybridized carbons (Fsp3) is 0.154. The number of halogens is 1. The largest absolute Gasteiger partial charge is 0.493 e. The lowest BCUT2D eigenvalue weighted by Crippen LogP contribution is -2.02. The Hall–Kier alpha value is -4.17. The zero-order valence-electron chi connectivity index (χ0n) is 19.3. The van der Waals surface area contributed by atoms with Crippen LogP contribution in [0, 0.1) is 0 Å². The molecule has 2 aromatic heterocycles. The molecule has 1 N–H and O–H groups in total. The molecule has 0 amide bonds. The van der Waals surface area contributed by atoms with Gasteiger partial charge >= 0.3 is 0 Å². The molecule has 0 radical (unpaired) electrons. The number of hydrogen-bond acceptors (Lipinski definition) is 7. The van der Waals surface area contributed by atoms with Crippen LogP contribution in [-0.2, 0) is 13.2 Å². The number of para-hydroxylation sites is 1. The predicted octanol–water partition coefficient (Wildman–Crippen LogP) is 5.69. The van der Waals surface area contributed by atoms with Crippen LogP contribution in [0.3, 0.4) is 0 Å². The number of nitrogens with zero attached hydrogens (tertiary/aromatic N) is 5. The summed E-state index contributed by atoms with van der Waals surface area (Å²) in [5.74, 6) is 1.52. The van der Waals surface area contributed by atoms with Gasteiger partial charge in [0.15, 0.2) is 17.1 Å². The van der Waals surface area contributed by atoms with Crippen molar-refractivity contribution in [2.75, 3.05) is 12.5 Å². The van der Waals surface area contributed by atoms with Gasteiger partial charge in [-0.1, -0.05) is 48.0 Å². The molecule has 35 heavy (non-hydrogen) atoms. The van der Waals surface area contributed by atoms with E-state index >= 15 is 0 Å². The molecular weight excluding hydrogens is 464 g/mol. The number of anilines is 1. The molecular formula is C26H23ClN6O2. The third-order valence-electron chi connectivity index (χ3n) is 5.60. The number of hydrogen-bond donors (Lipinski definition) is 1. The molecule has 3 aromatic carbocycles. The monoisotopic (exact) mass is 486 g/mol. The van der Waals surface area contributed by atoms with Crippen LogP contribution in [0.1, 0.15) is 18.1 Å². The summed E-state index contributed by atoms with van der Waals surface area (Å²) in [4.78, 5) is 4.63. The average Bonchev–Trinajstić information content (AvgIpc) is 3.21. The Morgan fingerprint density at radius 2 is 1.86 bits per heavy atom. The van der Waals surface area contributed by atoms with Crippen LogP contribution in [0.4, 0.5) is 5.95 Å². The molecule has 176 valence electrons. The molecule has 0 aliphatic carbocycles. The highest BCUT2D eigenvalue weighted by molar-refractivity contribution is 6.31. The molecule has 9 heteroatoms. The van der Waals surface area contributed by atoms with Crippen LogP contribution in [-0.4, -0.2) is 33.1 Å². The maximum absolute atomic E-state index is 6.22. The Morgan fingerprint density at radius 3 is 2.69 bits per heavy atom. The minimum absolute atomic E-state index is 0.318. The quantitative estimate of drug-likeness (QED) is 0.224. The van der Waals surface area contributed by atoms with E-state index in [2.05, 4.69) is 43.3 Å². The van der Waals surface area contributed by atoms with Gasteiger partial charge in [0.05, 0.1) is 18.8 Å². The second-order valence-electron chi connectivity index (χ2n) is 7.73. The number of aryl methyl sites for hydroxylation is 1. The van der Waals surface area contributed by atoms with E-state index in [1.165, 1.54) is 0 Å². The molecule has 0 saturated carbocycles. The molecule has 0 bridgehead atoms. The third-order valence-corrected chi connectivity index (χ3v) is 5.97. The summed E-state index contributed by atoms with van der Waals surface area (Å²) in [7, 11) is 1.60. The normalized spacial score (nSPS) is 11.4. The van der Waals surface area contributed by atoms with Crippen LogP contribution in [0.15, 0.2) is 71.8 Å². The lowest BCUT2D eigenvalue weighted by atomic mass is 10.2. The highest BCUT2D eigenvalue weighted by Gasteiger charge is 2.13. The number of rotatable bonds is 8. The standard InChI is InChI=1S/C26H23ClN6O2/c1-3-33-21-11-7-5-9-19(21)24-25(33)29-26(32-30-24)31-28-15-17-12-13-22(23(14-17)34-2)35-16-18-8-4-6-10-20(18)27/h4-15H,3,16H2,1-2H3,(H,29,31,32)/b28-15+. The SMILES string of the molecule is CCn1c2ccccc2c2nnc(N/N=C/c3ccc(OCc4ccccc4Cl)c(OC)c3)nc21. The molecule has 0 unspecified atom stereocenters. The minimum atomic E-state index is 0.318. The Labute approximate surface area is 207 Å². The van der Waals surface area contributed by atoms with Crippen LogP contribution >= 0.6 is 11.6 Å². The number of aromatic nitrogens is 4. The predicted molar refractivity (Wildman–Crippen MR) is 138 cm³/mol. The van der Waals surface area contributed by atoms with Crippen molar-refractivity contribution in [3.05, 3.63) is 82.9 Å². The van der Waals surface area contributed by atoms with Gasteiger partial charge in [0, 0.05) is 22.5 Å². The second-order valence-corrected chi connectivity index (χ2v) is 8.14. The van der Waals surface area contributed by atoms with E-state index in [0.717, 1.165) is 39.7 Å². The van der Waals surface area contributed by atoms with Gasteiger partial charge in [-0.25, -0.2) is 5.43 Å². The van der Waals surface area contributed by atoms with Gasteiger partial charge in [0.25, 0.3) is 5.95 Å². The zero-order valence-corrected chi connectivity index (χ0v) is 20.0. The molecule has 0 aliphatic rings. The van der Waals surface area contributed by atoms with E-state index in [-0.39, 0.29) is 0 Å². The number of ether oxygens (including phenoxy) is 2. The summed E-state index contributed by atoms with van der Waals surface area (Å²) >= 11 is 6.22. The summed E-state index contributed by atoms with van der Waals surface area (Å²) < 4.78 is 13.5. The zero-order chi connectivity index (χ0) is 24.2. The molecule has 8 nitrogen and oxygen atoms in total. The first-order valence-electron chi connectivity index (χ1n) is 11.1. The van der Waals surface area contributed by atoms with Crippen LogP contribution in [0.25, 0.3) is 22.1 Å². The van der Waals surface area contributed by atoms with Crippen molar-refractivity contribution in [3.63, 3.8) is 0 Å². The molecule has 5 aromatic rings. The van der Waals surface area contributed by atoms with E-state index in [1.54, 1.807) is 13.3 Å². The van der Waals surface area contributed by atoms with Crippen molar-refractivity contribution >= 4 is 45.8 Å². The number of benzene rings is 3. The van der Waals surface area contributed by atoms with Gasteiger partial charge in [-0.05, 0) is 42.8 Å². The van der Waals surface area contributed by atoms with E-state index in [4.69, 9.17) is 21.1 Å². The van der Waals surface area contributed by atoms with Crippen molar-refractivity contribution in [1.29, 1.82) is 0 Å². The molecule has 0 saturated heterocycles. The van der Waals surface area contributed by atoms with Crippen molar-refractivity contribution in [2.45, 2.75) is 20.1 Å². The van der Waals surface area contributed by atoms with E-state index in [9.17, 15) is 0 Å². The van der Waals surface area contributed by atoms with Crippen molar-refractivity contribution in [3.8, 4) is 11.5 Å². The molecule has 2 heterocycles. The molecule has 0 spiro atoms. The summed E-state index contributed by atoms with van der Waals surface area (Å²) in [6.07, 6.45) is 1.66. The molecule has 0 fully saturated rings. The topological polar surface area (TPSA) is 86.5 Å². The maximum atomic E-state index is 6.22. The fourth-order valence-electron chi connectivity index (χ4n) is 3.89. The summed E-state index contributed by atoms with van der Waals surface area (Å²) in [6.45, 7) is 3.19. The average molecular weight is 487 g/mol. The van der Waals surface area contributed by atoms with Gasteiger partial charge in [-0.2, -0.15) is 10.1 Å². The van der Waals surface area contributed by atoms with Gasteiger partial charge in [0.1, 0.15) is 12.1 Å². The Kier molecular flexibility index (Phi) is 6.45. The van der Waals surface area contributed by atoms with Gasteiger partial charge in [-0.3, -0.25) is 0 Å². The Balaban J connectivity index is 1.31. The first kappa shape index (κ1) is 22.6. The first-order valence-corrected chi connectivity index (χ1v) is 11.5. The van der Waals surface area contributed by atoms with Crippen molar-refractivity contribution in [2.24, 2.45) is 5.10 Å². The molecule has 0 atom stereocenters. The van der Waals surface area contributed by atoms with Crippen molar-refractivity contribution < 1.29 is 9.47 Å². The Morgan fingerprint density at radius 1 is 1.03 bits per heavy atom. The molecule has 0 aliphatic heterocycles. The van der Waals surface area contributed by atoms with E-state index in [0.29, 0.717) is 29.1 Å². The van der Waals surface area contributed by atoms with Crippen LogP contribution < -0.4 is 14.9 Å². The second kappa shape index (κ2) is 9.99. The summed E-state index contributed by atoms with van der Waals surface area (Å²) in [5, 5.41) is 14.5. The van der Waals surface area contributed by atoms with Crippen molar-refractivity contribution in [1.82, 2.24) is 19.7 Å². The third kappa shape index (κ3) is 4.61. The number of methoxy groups -OCH3 is 1. The van der Waals surface area contributed by atoms with Crippen LogP contribution in [0.2, 0.25) is 5.02 Å². The highest BCUT2D eigenvalue weighted by Crippen LogP contribution is 2.29. The lowest BCUT2D eigenvalue weighted by Gasteiger charge is -2.12. The number of nitrogens with one attached hydrogen (secondary N) is 1. The van der Waals surface area contributed by atoms with Gasteiger partial charge < -0.3 is 14.0 Å². The van der Waals surface area contributed by atoms with Gasteiger partial charge in [-0.15, -0.1) is 10.2 Å². The summed E-state index contributed by atoms with van der Waals surface area (Å²) in [5.41, 5.74) is 7.21. The smallest absolute Gasteiger partial charge is 0.265 e. The first-order chi connectivity index (χ1) is 17.2. The lowest BCUT2D eigenvalue weighted by molar-refractivity contribution is 0.284. The summed E-state index contributed by atoms with van der Waals surface area (Å²) in [6, 6.07) is 21.2. The maximum Gasteiger partial charge on any atom is 0.265 e.